The lowest BCUT2D eigenvalue weighted by atomic mass is 10.1. The first-order chi connectivity index (χ1) is 13.0. The van der Waals surface area contributed by atoms with E-state index in [1.54, 1.807) is 24.3 Å². The lowest BCUT2D eigenvalue weighted by molar-refractivity contribution is -0.143. The van der Waals surface area contributed by atoms with Gasteiger partial charge >= 0.3 is 18.4 Å². The highest BCUT2D eigenvalue weighted by molar-refractivity contribution is 5.90. The molecule has 0 fully saturated rings. The van der Waals surface area contributed by atoms with Crippen molar-refractivity contribution in [3.05, 3.63) is 65.4 Å². The van der Waals surface area contributed by atoms with Crippen molar-refractivity contribution in [2.24, 2.45) is 0 Å². The van der Waals surface area contributed by atoms with Gasteiger partial charge in [0.25, 0.3) is 0 Å². The Balaban J connectivity index is 2.13. The summed E-state index contributed by atoms with van der Waals surface area (Å²) >= 11 is 0. The Labute approximate surface area is 155 Å². The molecule has 0 aliphatic heterocycles. The molecule has 0 unspecified atom stereocenters. The van der Waals surface area contributed by atoms with Gasteiger partial charge in [-0.2, -0.15) is 26.3 Å². The van der Waals surface area contributed by atoms with Crippen LogP contribution in [0.3, 0.4) is 0 Å². The van der Waals surface area contributed by atoms with E-state index in [2.05, 4.69) is 5.32 Å². The minimum Gasteiger partial charge on any atom is -0.497 e. The number of alkyl halides is 6. The molecule has 28 heavy (non-hydrogen) atoms. The van der Waals surface area contributed by atoms with Crippen LogP contribution in [-0.4, -0.2) is 13.1 Å². The van der Waals surface area contributed by atoms with Crippen molar-refractivity contribution in [1.82, 2.24) is 5.32 Å². The largest absolute Gasteiger partial charge is 0.497 e. The van der Waals surface area contributed by atoms with Crippen molar-refractivity contribution in [2.45, 2.75) is 12.4 Å². The van der Waals surface area contributed by atoms with E-state index in [9.17, 15) is 31.1 Å². The number of benzene rings is 2. The van der Waals surface area contributed by atoms with Crippen molar-refractivity contribution >= 4 is 17.8 Å². The molecule has 0 spiro atoms. The maximum Gasteiger partial charge on any atom is 0.416 e. The van der Waals surface area contributed by atoms with Crippen molar-refractivity contribution in [3.8, 4) is 5.75 Å². The van der Waals surface area contributed by atoms with Crippen molar-refractivity contribution < 1.29 is 35.9 Å². The molecule has 2 rings (SSSR count). The predicted molar refractivity (Wildman–Crippen MR) is 90.6 cm³/mol. The molecule has 0 atom stereocenters. The van der Waals surface area contributed by atoms with Gasteiger partial charge in [0, 0.05) is 11.9 Å². The maximum absolute atomic E-state index is 12.8. The Kier molecular flexibility index (Phi) is 6.22. The first-order valence-electron chi connectivity index (χ1n) is 7.66. The molecule has 10 heteroatoms. The van der Waals surface area contributed by atoms with E-state index < -0.39 is 35.2 Å². The zero-order valence-electron chi connectivity index (χ0n) is 14.3. The summed E-state index contributed by atoms with van der Waals surface area (Å²) in [5, 5.41) is 4.15. The quantitative estimate of drug-likeness (QED) is 0.659. The zero-order valence-corrected chi connectivity index (χ0v) is 14.3. The van der Waals surface area contributed by atoms with Gasteiger partial charge in [-0.1, -0.05) is 12.1 Å². The first kappa shape index (κ1) is 21.1. The lowest BCUT2D eigenvalue weighted by Crippen LogP contribution is -2.24. The summed E-state index contributed by atoms with van der Waals surface area (Å²) in [6.45, 7) is 0. The molecule has 2 aromatic carbocycles. The minimum absolute atomic E-state index is 0.0220. The third kappa shape index (κ3) is 5.93. The number of halogens is 6. The van der Waals surface area contributed by atoms with Gasteiger partial charge in [-0.15, -0.1) is 0 Å². The van der Waals surface area contributed by atoms with E-state index in [0.29, 0.717) is 23.4 Å². The Morgan fingerprint density at radius 1 is 0.964 bits per heavy atom. The van der Waals surface area contributed by atoms with E-state index in [1.807, 2.05) is 5.32 Å². The number of nitrogens with one attached hydrogen (secondary N) is 2. The number of carbonyl (C=O) groups excluding carboxylic acids is 1. The third-order valence-electron chi connectivity index (χ3n) is 3.43. The molecule has 2 N–H and O–H groups in total. The summed E-state index contributed by atoms with van der Waals surface area (Å²) in [6, 6.07) is 6.54. The number of rotatable bonds is 4. The average molecular weight is 404 g/mol. The van der Waals surface area contributed by atoms with Gasteiger partial charge in [-0.3, -0.25) is 0 Å². The summed E-state index contributed by atoms with van der Waals surface area (Å²) in [5.74, 6) is 0.565. The standard InChI is InChI=1S/C18H14F6N2O2/c1-28-15-4-2-3-11(7-15)5-6-25-16(27)26-14-9-12(17(19,20)21)8-13(10-14)18(22,23)24/h2-10H,1H3,(H2,25,26,27)/b6-5+. The fraction of sp³-hybridized carbons (Fsp3) is 0.167. The van der Waals surface area contributed by atoms with Crippen LogP contribution >= 0.6 is 0 Å². The molecule has 0 heterocycles. The number of hydrogen-bond acceptors (Lipinski definition) is 2. The number of amides is 2. The fourth-order valence-corrected chi connectivity index (χ4v) is 2.15. The fourth-order valence-electron chi connectivity index (χ4n) is 2.15. The molecule has 2 aromatic rings. The van der Waals surface area contributed by atoms with E-state index in [0.717, 1.165) is 0 Å². The third-order valence-corrected chi connectivity index (χ3v) is 3.43. The summed E-state index contributed by atoms with van der Waals surface area (Å²) in [6.07, 6.45) is -7.35. The Morgan fingerprint density at radius 2 is 1.57 bits per heavy atom. The predicted octanol–water partition coefficient (Wildman–Crippen LogP) is 5.53. The molecule has 2 amide bonds. The summed E-state index contributed by atoms with van der Waals surface area (Å²) in [4.78, 5) is 11.8. The number of anilines is 1. The van der Waals surface area contributed by atoms with E-state index in [4.69, 9.17) is 4.74 Å². The van der Waals surface area contributed by atoms with Crippen LogP contribution in [0.2, 0.25) is 0 Å². The summed E-state index contributed by atoms with van der Waals surface area (Å²) in [7, 11) is 1.47. The molecular weight excluding hydrogens is 390 g/mol. The van der Waals surface area contributed by atoms with Crippen LogP contribution in [0.1, 0.15) is 16.7 Å². The van der Waals surface area contributed by atoms with Crippen LogP contribution < -0.4 is 15.4 Å². The zero-order chi connectivity index (χ0) is 20.9. The normalized spacial score (nSPS) is 12.1. The monoisotopic (exact) mass is 404 g/mol. The summed E-state index contributed by atoms with van der Waals surface area (Å²) < 4.78 is 81.9. The Bertz CT molecular complexity index is 843. The lowest BCUT2D eigenvalue weighted by Gasteiger charge is -2.14. The van der Waals surface area contributed by atoms with Gasteiger partial charge in [-0.05, 0) is 42.0 Å². The van der Waals surface area contributed by atoms with Crippen LogP contribution in [0.25, 0.3) is 6.08 Å². The van der Waals surface area contributed by atoms with Crippen molar-refractivity contribution in [1.29, 1.82) is 0 Å². The SMILES string of the molecule is COc1cccc(/C=C/NC(=O)Nc2cc(C(F)(F)F)cc(C(F)(F)F)c2)c1. The minimum atomic E-state index is -5.00. The highest BCUT2D eigenvalue weighted by Crippen LogP contribution is 2.37. The number of carbonyl (C=O) groups is 1. The van der Waals surface area contributed by atoms with Crippen LogP contribution in [0.15, 0.2) is 48.7 Å². The van der Waals surface area contributed by atoms with Gasteiger partial charge in [0.15, 0.2) is 0 Å². The van der Waals surface area contributed by atoms with Gasteiger partial charge in [0.1, 0.15) is 5.75 Å². The van der Waals surface area contributed by atoms with Crippen LogP contribution in [-0.2, 0) is 12.4 Å². The molecule has 4 nitrogen and oxygen atoms in total. The number of hydrogen-bond donors (Lipinski definition) is 2. The number of methoxy groups -OCH3 is 1. The smallest absolute Gasteiger partial charge is 0.416 e. The van der Waals surface area contributed by atoms with Crippen LogP contribution in [0.5, 0.6) is 5.75 Å². The molecule has 150 valence electrons. The Hall–Kier alpha value is -3.17. The van der Waals surface area contributed by atoms with Gasteiger partial charge in [0.05, 0.1) is 18.2 Å². The maximum atomic E-state index is 12.8. The molecule has 0 aliphatic carbocycles. The molecule has 0 aliphatic rings. The summed E-state index contributed by atoms with van der Waals surface area (Å²) in [5.41, 5.74) is -3.04. The van der Waals surface area contributed by atoms with Crippen molar-refractivity contribution in [2.75, 3.05) is 12.4 Å². The number of urea groups is 1. The Morgan fingerprint density at radius 3 is 2.11 bits per heavy atom. The molecule has 0 radical (unpaired) electrons. The average Bonchev–Trinajstić information content (AvgIpc) is 2.60. The highest BCUT2D eigenvalue weighted by Gasteiger charge is 2.37. The molecule has 0 saturated carbocycles. The van der Waals surface area contributed by atoms with Gasteiger partial charge in [0.2, 0.25) is 0 Å². The first-order valence-corrected chi connectivity index (χ1v) is 7.66. The topological polar surface area (TPSA) is 50.4 Å². The van der Waals surface area contributed by atoms with Crippen molar-refractivity contribution in [3.63, 3.8) is 0 Å². The molecule has 0 aromatic heterocycles. The van der Waals surface area contributed by atoms with Crippen LogP contribution in [0, 0.1) is 0 Å². The number of ether oxygens (including phenoxy) is 1. The second kappa shape index (κ2) is 8.24. The highest BCUT2D eigenvalue weighted by atomic mass is 19.4. The van der Waals surface area contributed by atoms with Gasteiger partial charge in [-0.25, -0.2) is 4.79 Å². The van der Waals surface area contributed by atoms with Crippen LogP contribution in [0.4, 0.5) is 36.8 Å². The second-order valence-electron chi connectivity index (χ2n) is 5.50. The molecule has 0 saturated heterocycles. The molecular formula is C18H14F6N2O2. The second-order valence-corrected chi connectivity index (χ2v) is 5.50. The van der Waals surface area contributed by atoms with E-state index >= 15 is 0 Å². The van der Waals surface area contributed by atoms with E-state index in [1.165, 1.54) is 19.4 Å². The van der Waals surface area contributed by atoms with Gasteiger partial charge < -0.3 is 15.4 Å². The van der Waals surface area contributed by atoms with E-state index in [-0.39, 0.29) is 6.07 Å². The molecule has 0 bridgehead atoms.